The van der Waals surface area contributed by atoms with E-state index >= 15 is 0 Å². The van der Waals surface area contributed by atoms with Crippen LogP contribution in [-0.4, -0.2) is 26.9 Å². The SMILES string of the molecule is Cc1ccc(S(=O)(=O)N(CC(=O)N[C@H](C)C(C)C)c2cc(C)cc(C)c2)cc1. The van der Waals surface area contributed by atoms with Crippen molar-refractivity contribution in [3.8, 4) is 0 Å². The van der Waals surface area contributed by atoms with Crippen molar-refractivity contribution in [1.82, 2.24) is 5.32 Å². The topological polar surface area (TPSA) is 66.5 Å². The lowest BCUT2D eigenvalue weighted by Crippen LogP contribution is -2.45. The molecule has 2 rings (SSSR count). The van der Waals surface area contributed by atoms with Gasteiger partial charge in [0.05, 0.1) is 10.6 Å². The fourth-order valence-electron chi connectivity index (χ4n) is 2.84. The van der Waals surface area contributed by atoms with Gasteiger partial charge in [-0.1, -0.05) is 37.6 Å². The van der Waals surface area contributed by atoms with Crippen molar-refractivity contribution in [3.63, 3.8) is 0 Å². The summed E-state index contributed by atoms with van der Waals surface area (Å²) in [6.07, 6.45) is 0. The summed E-state index contributed by atoms with van der Waals surface area (Å²) in [5.74, 6) is -0.0663. The van der Waals surface area contributed by atoms with E-state index in [0.29, 0.717) is 5.69 Å². The second kappa shape index (κ2) is 8.78. The number of hydrogen-bond donors (Lipinski definition) is 1. The first-order chi connectivity index (χ1) is 13.0. The predicted molar refractivity (Wildman–Crippen MR) is 114 cm³/mol. The van der Waals surface area contributed by atoms with Gasteiger partial charge in [0.25, 0.3) is 10.0 Å². The Balaban J connectivity index is 2.46. The van der Waals surface area contributed by atoms with Crippen LogP contribution in [0.25, 0.3) is 0 Å². The molecule has 0 aromatic heterocycles. The van der Waals surface area contributed by atoms with Crippen molar-refractivity contribution in [3.05, 3.63) is 59.2 Å². The molecule has 0 bridgehead atoms. The molecule has 0 saturated carbocycles. The third-order valence-electron chi connectivity index (χ3n) is 4.78. The molecule has 0 radical (unpaired) electrons. The van der Waals surface area contributed by atoms with Crippen molar-refractivity contribution in [1.29, 1.82) is 0 Å². The molecule has 0 saturated heterocycles. The summed E-state index contributed by atoms with van der Waals surface area (Å²) < 4.78 is 27.9. The first-order valence-corrected chi connectivity index (χ1v) is 10.9. The molecule has 2 aromatic rings. The Kier molecular flexibility index (Phi) is 6.88. The van der Waals surface area contributed by atoms with Crippen molar-refractivity contribution in [2.45, 2.75) is 52.5 Å². The Morgan fingerprint density at radius 3 is 1.96 bits per heavy atom. The van der Waals surface area contributed by atoms with Gasteiger partial charge in [0, 0.05) is 6.04 Å². The molecule has 1 N–H and O–H groups in total. The van der Waals surface area contributed by atoms with Gasteiger partial charge in [-0.05, 0) is 69.0 Å². The van der Waals surface area contributed by atoms with E-state index < -0.39 is 10.0 Å². The van der Waals surface area contributed by atoms with Gasteiger partial charge in [-0.15, -0.1) is 0 Å². The molecular weight excluding hydrogens is 372 g/mol. The highest BCUT2D eigenvalue weighted by molar-refractivity contribution is 7.92. The van der Waals surface area contributed by atoms with Crippen molar-refractivity contribution in [2.24, 2.45) is 5.92 Å². The average molecular weight is 403 g/mol. The maximum atomic E-state index is 13.4. The number of nitrogens with zero attached hydrogens (tertiary/aromatic N) is 1. The fourth-order valence-corrected chi connectivity index (χ4v) is 4.25. The van der Waals surface area contributed by atoms with Crippen molar-refractivity contribution < 1.29 is 13.2 Å². The van der Waals surface area contributed by atoms with Crippen LogP contribution in [0.5, 0.6) is 0 Å². The number of carbonyl (C=O) groups excluding carboxylic acids is 1. The Morgan fingerprint density at radius 2 is 1.46 bits per heavy atom. The smallest absolute Gasteiger partial charge is 0.264 e. The minimum absolute atomic E-state index is 0.0457. The molecule has 1 amide bonds. The maximum absolute atomic E-state index is 13.4. The molecule has 0 aliphatic rings. The molecule has 0 fully saturated rings. The van der Waals surface area contributed by atoms with E-state index in [2.05, 4.69) is 5.32 Å². The molecule has 0 heterocycles. The number of carbonyl (C=O) groups is 1. The molecule has 1 atom stereocenters. The quantitative estimate of drug-likeness (QED) is 0.762. The number of amides is 1. The summed E-state index contributed by atoms with van der Waals surface area (Å²) in [7, 11) is -3.88. The highest BCUT2D eigenvalue weighted by Gasteiger charge is 2.28. The average Bonchev–Trinajstić information content (AvgIpc) is 2.58. The number of sulfonamides is 1. The van der Waals surface area contributed by atoms with E-state index in [-0.39, 0.29) is 29.3 Å². The summed E-state index contributed by atoms with van der Waals surface area (Å²) in [5, 5.41) is 2.90. The highest BCUT2D eigenvalue weighted by Crippen LogP contribution is 2.26. The minimum Gasteiger partial charge on any atom is -0.352 e. The molecule has 0 spiro atoms. The van der Waals surface area contributed by atoms with Gasteiger partial charge in [-0.2, -0.15) is 0 Å². The van der Waals surface area contributed by atoms with Gasteiger partial charge < -0.3 is 5.32 Å². The van der Waals surface area contributed by atoms with E-state index in [9.17, 15) is 13.2 Å². The zero-order valence-electron chi connectivity index (χ0n) is 17.5. The van der Waals surface area contributed by atoms with Crippen molar-refractivity contribution in [2.75, 3.05) is 10.8 Å². The maximum Gasteiger partial charge on any atom is 0.264 e. The summed E-state index contributed by atoms with van der Waals surface area (Å²) in [6.45, 7) is 11.4. The van der Waals surface area contributed by atoms with Gasteiger partial charge in [0.15, 0.2) is 0 Å². The summed E-state index contributed by atoms with van der Waals surface area (Å²) in [4.78, 5) is 12.8. The third kappa shape index (κ3) is 5.35. The number of benzene rings is 2. The highest BCUT2D eigenvalue weighted by atomic mass is 32.2. The Bertz CT molecular complexity index is 915. The van der Waals surface area contributed by atoms with E-state index in [1.807, 2.05) is 47.6 Å². The van der Waals surface area contributed by atoms with Crippen LogP contribution < -0.4 is 9.62 Å². The zero-order valence-corrected chi connectivity index (χ0v) is 18.3. The molecule has 6 heteroatoms. The number of rotatable bonds is 7. The second-order valence-electron chi connectivity index (χ2n) is 7.77. The van der Waals surface area contributed by atoms with Crippen LogP contribution in [0.4, 0.5) is 5.69 Å². The van der Waals surface area contributed by atoms with Crippen molar-refractivity contribution >= 4 is 21.6 Å². The van der Waals surface area contributed by atoms with Crippen LogP contribution in [0.1, 0.15) is 37.5 Å². The molecule has 2 aromatic carbocycles. The fraction of sp³-hybridized carbons (Fsp3) is 0.409. The van der Waals surface area contributed by atoms with Crippen LogP contribution in [0.15, 0.2) is 47.4 Å². The lowest BCUT2D eigenvalue weighted by molar-refractivity contribution is -0.120. The monoisotopic (exact) mass is 402 g/mol. The normalized spacial score (nSPS) is 12.7. The molecular formula is C22H30N2O3S. The van der Waals surface area contributed by atoms with Gasteiger partial charge in [-0.3, -0.25) is 9.10 Å². The minimum atomic E-state index is -3.88. The summed E-state index contributed by atoms with van der Waals surface area (Å²) >= 11 is 0. The van der Waals surface area contributed by atoms with Crippen LogP contribution in [0, 0.1) is 26.7 Å². The molecule has 0 unspecified atom stereocenters. The Labute approximate surface area is 168 Å². The van der Waals surface area contributed by atoms with Crippen LogP contribution in [-0.2, 0) is 14.8 Å². The van der Waals surface area contributed by atoms with Crippen LogP contribution in [0.2, 0.25) is 0 Å². The largest absolute Gasteiger partial charge is 0.352 e. The van der Waals surface area contributed by atoms with Gasteiger partial charge >= 0.3 is 0 Å². The number of anilines is 1. The third-order valence-corrected chi connectivity index (χ3v) is 6.57. The Morgan fingerprint density at radius 1 is 0.929 bits per heavy atom. The van der Waals surface area contributed by atoms with Crippen LogP contribution >= 0.6 is 0 Å². The van der Waals surface area contributed by atoms with Gasteiger partial charge in [0.2, 0.25) is 5.91 Å². The van der Waals surface area contributed by atoms with E-state index in [1.54, 1.807) is 36.4 Å². The summed E-state index contributed by atoms with van der Waals surface area (Å²) in [6, 6.07) is 12.2. The van der Waals surface area contributed by atoms with E-state index in [0.717, 1.165) is 16.7 Å². The first-order valence-electron chi connectivity index (χ1n) is 9.48. The van der Waals surface area contributed by atoms with E-state index in [1.165, 1.54) is 4.31 Å². The number of aryl methyl sites for hydroxylation is 3. The lowest BCUT2D eigenvalue weighted by Gasteiger charge is -2.26. The molecule has 5 nitrogen and oxygen atoms in total. The first kappa shape index (κ1) is 22.0. The summed E-state index contributed by atoms with van der Waals surface area (Å²) in [5.41, 5.74) is 3.34. The lowest BCUT2D eigenvalue weighted by atomic mass is 10.1. The second-order valence-corrected chi connectivity index (χ2v) is 9.63. The number of hydrogen-bond acceptors (Lipinski definition) is 3. The van der Waals surface area contributed by atoms with Crippen LogP contribution in [0.3, 0.4) is 0 Å². The molecule has 0 aliphatic carbocycles. The zero-order chi connectivity index (χ0) is 21.1. The van der Waals surface area contributed by atoms with Gasteiger partial charge in [-0.25, -0.2) is 8.42 Å². The standard InChI is InChI=1S/C22H30N2O3S/c1-15(2)19(6)23-22(25)14-24(20-12-17(4)11-18(5)13-20)28(26,27)21-9-7-16(3)8-10-21/h7-13,15,19H,14H2,1-6H3,(H,23,25)/t19-/m1/s1. The van der Waals surface area contributed by atoms with E-state index in [4.69, 9.17) is 0 Å². The molecule has 152 valence electrons. The van der Waals surface area contributed by atoms with Gasteiger partial charge in [0.1, 0.15) is 6.54 Å². The Hall–Kier alpha value is -2.34. The number of nitrogens with one attached hydrogen (secondary N) is 1. The molecule has 28 heavy (non-hydrogen) atoms. The molecule has 0 aliphatic heterocycles. The predicted octanol–water partition coefficient (Wildman–Crippen LogP) is 3.97.